The Balaban J connectivity index is 1.89. The number of rotatable bonds is 4. The van der Waals surface area contributed by atoms with Crippen molar-refractivity contribution in [2.75, 3.05) is 11.5 Å². The van der Waals surface area contributed by atoms with Gasteiger partial charge in [0.1, 0.15) is 35.6 Å². The minimum atomic E-state index is -0.319. The van der Waals surface area contributed by atoms with Crippen LogP contribution in [0.5, 0.6) is 5.75 Å². The highest BCUT2D eigenvalue weighted by atomic mass is 19.1. The van der Waals surface area contributed by atoms with Gasteiger partial charge in [0.05, 0.1) is 5.69 Å². The third-order valence-electron chi connectivity index (χ3n) is 3.47. The summed E-state index contributed by atoms with van der Waals surface area (Å²) in [5.41, 5.74) is 13.2. The van der Waals surface area contributed by atoms with Crippen LogP contribution < -0.4 is 16.2 Å². The van der Waals surface area contributed by atoms with E-state index < -0.39 is 0 Å². The van der Waals surface area contributed by atoms with E-state index in [1.807, 2.05) is 6.07 Å². The Hall–Kier alpha value is -3.66. The molecule has 2 aromatic carbocycles. The second-order valence-electron chi connectivity index (χ2n) is 5.25. The number of nitriles is 1. The zero-order chi connectivity index (χ0) is 17.8. The van der Waals surface area contributed by atoms with Crippen molar-refractivity contribution >= 4 is 11.8 Å². The molecule has 0 radical (unpaired) electrons. The minimum absolute atomic E-state index is 0.0161. The Kier molecular flexibility index (Phi) is 4.44. The van der Waals surface area contributed by atoms with Crippen molar-refractivity contribution in [3.63, 3.8) is 0 Å². The molecule has 4 N–H and O–H groups in total. The van der Waals surface area contributed by atoms with Gasteiger partial charge in [0.15, 0.2) is 0 Å². The molecule has 6 nitrogen and oxygen atoms in total. The van der Waals surface area contributed by atoms with Crippen LogP contribution in [0.3, 0.4) is 0 Å². The molecule has 0 amide bonds. The van der Waals surface area contributed by atoms with Crippen LogP contribution in [0.15, 0.2) is 48.5 Å². The van der Waals surface area contributed by atoms with Gasteiger partial charge in [0.25, 0.3) is 0 Å². The topological polar surface area (TPSA) is 111 Å². The van der Waals surface area contributed by atoms with E-state index in [9.17, 15) is 9.65 Å². The van der Waals surface area contributed by atoms with Gasteiger partial charge in [-0.2, -0.15) is 10.2 Å². The van der Waals surface area contributed by atoms with E-state index in [0.717, 1.165) is 0 Å². The maximum atomic E-state index is 13.2. The smallest absolute Gasteiger partial charge is 0.222 e. The van der Waals surface area contributed by atoms with E-state index in [4.69, 9.17) is 16.2 Å². The van der Waals surface area contributed by atoms with E-state index >= 15 is 0 Å². The molecule has 1 heterocycles. The standard InChI is InChI=1S/C18H14FN5O/c19-13-5-1-3-11(7-13)10-25-14-6-2-4-12(8-14)16-15(9-20)17(21)24-18(22)23-16/h1-8H,10H2,(H4,21,22,23,24). The monoisotopic (exact) mass is 335 g/mol. The molecule has 124 valence electrons. The van der Waals surface area contributed by atoms with Gasteiger partial charge in [-0.15, -0.1) is 0 Å². The lowest BCUT2D eigenvalue weighted by atomic mass is 10.1. The predicted octanol–water partition coefficient (Wildman–Crippen LogP) is 2.90. The molecule has 0 spiro atoms. The largest absolute Gasteiger partial charge is 0.489 e. The number of benzene rings is 2. The van der Waals surface area contributed by atoms with Crippen LogP contribution in [0.25, 0.3) is 11.3 Å². The van der Waals surface area contributed by atoms with Crippen molar-refractivity contribution in [2.24, 2.45) is 0 Å². The normalized spacial score (nSPS) is 10.2. The Morgan fingerprint density at radius 1 is 1.08 bits per heavy atom. The summed E-state index contributed by atoms with van der Waals surface area (Å²) in [4.78, 5) is 7.90. The summed E-state index contributed by atoms with van der Waals surface area (Å²) in [7, 11) is 0. The highest BCUT2D eigenvalue weighted by Crippen LogP contribution is 2.28. The van der Waals surface area contributed by atoms with Crippen molar-refractivity contribution < 1.29 is 9.13 Å². The number of hydrogen-bond acceptors (Lipinski definition) is 6. The molecule has 0 aliphatic carbocycles. The number of nitrogens with zero attached hydrogens (tertiary/aromatic N) is 3. The van der Waals surface area contributed by atoms with Crippen LogP contribution in [0.1, 0.15) is 11.1 Å². The van der Waals surface area contributed by atoms with E-state index in [2.05, 4.69) is 9.97 Å². The van der Waals surface area contributed by atoms with E-state index in [1.54, 1.807) is 36.4 Å². The number of hydrogen-bond donors (Lipinski definition) is 2. The molecule has 3 aromatic rings. The summed E-state index contributed by atoms with van der Waals surface area (Å²) in [5, 5.41) is 9.28. The van der Waals surface area contributed by atoms with Gasteiger partial charge in [-0.25, -0.2) is 9.37 Å². The number of aromatic nitrogens is 2. The average Bonchev–Trinajstić information content (AvgIpc) is 2.60. The number of nitrogens with two attached hydrogens (primary N) is 2. The summed E-state index contributed by atoms with van der Waals surface area (Å²) in [6, 6.07) is 15.1. The van der Waals surface area contributed by atoms with Crippen molar-refractivity contribution in [3.05, 3.63) is 65.5 Å². The fraction of sp³-hybridized carbons (Fsp3) is 0.0556. The van der Waals surface area contributed by atoms with E-state index in [-0.39, 0.29) is 29.8 Å². The molecule has 7 heteroatoms. The van der Waals surface area contributed by atoms with Gasteiger partial charge in [0.2, 0.25) is 5.95 Å². The molecule has 0 atom stereocenters. The summed E-state index contributed by atoms with van der Waals surface area (Å²) in [6.45, 7) is 0.209. The van der Waals surface area contributed by atoms with Gasteiger partial charge in [-0.1, -0.05) is 24.3 Å². The molecular formula is C18H14FN5O. The van der Waals surface area contributed by atoms with Gasteiger partial charge < -0.3 is 16.2 Å². The first-order valence-corrected chi connectivity index (χ1v) is 7.37. The molecule has 0 saturated carbocycles. The first-order chi connectivity index (χ1) is 12.1. The molecule has 1 aromatic heterocycles. The maximum absolute atomic E-state index is 13.2. The third-order valence-corrected chi connectivity index (χ3v) is 3.47. The van der Waals surface area contributed by atoms with Crippen LogP contribution in [0.2, 0.25) is 0 Å². The number of anilines is 2. The van der Waals surface area contributed by atoms with Gasteiger partial charge in [-0.05, 0) is 29.8 Å². The highest BCUT2D eigenvalue weighted by Gasteiger charge is 2.13. The zero-order valence-corrected chi connectivity index (χ0v) is 13.1. The molecule has 0 aliphatic heterocycles. The zero-order valence-electron chi connectivity index (χ0n) is 13.1. The molecular weight excluding hydrogens is 321 g/mol. The van der Waals surface area contributed by atoms with Crippen molar-refractivity contribution in [1.82, 2.24) is 9.97 Å². The second kappa shape index (κ2) is 6.84. The van der Waals surface area contributed by atoms with Crippen LogP contribution in [0.4, 0.5) is 16.2 Å². The Labute approximate surface area is 143 Å². The number of halogens is 1. The van der Waals surface area contributed by atoms with Crippen molar-refractivity contribution in [2.45, 2.75) is 6.61 Å². The Bertz CT molecular complexity index is 968. The van der Waals surface area contributed by atoms with Gasteiger partial charge in [0, 0.05) is 5.56 Å². The lowest BCUT2D eigenvalue weighted by molar-refractivity contribution is 0.305. The maximum Gasteiger partial charge on any atom is 0.222 e. The second-order valence-corrected chi connectivity index (χ2v) is 5.25. The molecule has 0 fully saturated rings. The first-order valence-electron chi connectivity index (χ1n) is 7.37. The number of nitrogen functional groups attached to an aromatic ring is 2. The van der Waals surface area contributed by atoms with Crippen LogP contribution in [-0.4, -0.2) is 9.97 Å². The van der Waals surface area contributed by atoms with Crippen LogP contribution in [-0.2, 0) is 6.61 Å². The lowest BCUT2D eigenvalue weighted by Gasteiger charge is -2.10. The molecule has 0 bridgehead atoms. The van der Waals surface area contributed by atoms with Gasteiger partial charge >= 0.3 is 0 Å². The highest BCUT2D eigenvalue weighted by molar-refractivity contribution is 5.73. The molecule has 25 heavy (non-hydrogen) atoms. The van der Waals surface area contributed by atoms with Crippen molar-refractivity contribution in [3.8, 4) is 23.1 Å². The van der Waals surface area contributed by atoms with Crippen molar-refractivity contribution in [1.29, 1.82) is 5.26 Å². The Morgan fingerprint density at radius 2 is 1.88 bits per heavy atom. The van der Waals surface area contributed by atoms with Gasteiger partial charge in [-0.3, -0.25) is 0 Å². The fourth-order valence-corrected chi connectivity index (χ4v) is 2.34. The molecule has 0 unspecified atom stereocenters. The fourth-order valence-electron chi connectivity index (χ4n) is 2.34. The summed E-state index contributed by atoms with van der Waals surface area (Å²) in [6.07, 6.45) is 0. The summed E-state index contributed by atoms with van der Waals surface area (Å²) < 4.78 is 18.9. The predicted molar refractivity (Wildman–Crippen MR) is 91.7 cm³/mol. The lowest BCUT2D eigenvalue weighted by Crippen LogP contribution is -2.05. The molecule has 0 saturated heterocycles. The van der Waals surface area contributed by atoms with Crippen LogP contribution >= 0.6 is 0 Å². The third kappa shape index (κ3) is 3.64. The SMILES string of the molecule is N#Cc1c(N)nc(N)nc1-c1cccc(OCc2cccc(F)c2)c1. The minimum Gasteiger partial charge on any atom is -0.489 e. The van der Waals surface area contributed by atoms with E-state index in [0.29, 0.717) is 22.6 Å². The molecule has 3 rings (SSSR count). The Morgan fingerprint density at radius 3 is 2.64 bits per heavy atom. The average molecular weight is 335 g/mol. The number of ether oxygens (including phenoxy) is 1. The summed E-state index contributed by atoms with van der Waals surface area (Å²) >= 11 is 0. The summed E-state index contributed by atoms with van der Waals surface area (Å²) in [5.74, 6) is 0.232. The first kappa shape index (κ1) is 16.2. The quantitative estimate of drug-likeness (QED) is 0.758. The van der Waals surface area contributed by atoms with E-state index in [1.165, 1.54) is 12.1 Å². The molecule has 0 aliphatic rings. The van der Waals surface area contributed by atoms with Crippen LogP contribution in [0, 0.1) is 17.1 Å².